The average Bonchev–Trinajstić information content (AvgIpc) is 2.77. The SMILES string of the molecule is CSc1c(-c2cnn(C)c2N)ccc2c1OCCO2. The molecule has 0 aliphatic carbocycles. The molecule has 100 valence electrons. The fraction of sp³-hybridized carbons (Fsp3) is 0.308. The third kappa shape index (κ3) is 1.92. The van der Waals surface area contributed by atoms with Crippen LogP contribution in [0.4, 0.5) is 5.82 Å². The Labute approximate surface area is 115 Å². The van der Waals surface area contributed by atoms with E-state index >= 15 is 0 Å². The lowest BCUT2D eigenvalue weighted by atomic mass is 10.1. The molecule has 0 saturated carbocycles. The third-order valence-corrected chi connectivity index (χ3v) is 3.96. The van der Waals surface area contributed by atoms with E-state index in [9.17, 15) is 0 Å². The van der Waals surface area contributed by atoms with E-state index in [1.807, 2.05) is 25.4 Å². The second-order valence-corrected chi connectivity index (χ2v) is 5.05. The first-order valence-corrected chi connectivity index (χ1v) is 7.19. The molecule has 0 atom stereocenters. The lowest BCUT2D eigenvalue weighted by Gasteiger charge is -2.22. The highest BCUT2D eigenvalue weighted by molar-refractivity contribution is 7.98. The molecule has 0 radical (unpaired) electrons. The summed E-state index contributed by atoms with van der Waals surface area (Å²) in [5.74, 6) is 2.24. The summed E-state index contributed by atoms with van der Waals surface area (Å²) in [6, 6.07) is 3.93. The number of anilines is 1. The molecule has 1 aliphatic rings. The summed E-state index contributed by atoms with van der Waals surface area (Å²) in [6.45, 7) is 1.17. The fourth-order valence-corrected chi connectivity index (χ4v) is 2.90. The maximum atomic E-state index is 6.05. The van der Waals surface area contributed by atoms with Crippen molar-refractivity contribution in [1.29, 1.82) is 0 Å². The lowest BCUT2D eigenvalue weighted by Crippen LogP contribution is -2.16. The van der Waals surface area contributed by atoms with Crippen LogP contribution in [0.3, 0.4) is 0 Å². The van der Waals surface area contributed by atoms with Crippen LogP contribution in [0.25, 0.3) is 11.1 Å². The van der Waals surface area contributed by atoms with Crippen LogP contribution >= 0.6 is 11.8 Å². The van der Waals surface area contributed by atoms with Gasteiger partial charge in [0.15, 0.2) is 11.5 Å². The molecule has 6 heteroatoms. The summed E-state index contributed by atoms with van der Waals surface area (Å²) < 4.78 is 13.0. The van der Waals surface area contributed by atoms with Crippen molar-refractivity contribution in [1.82, 2.24) is 9.78 Å². The van der Waals surface area contributed by atoms with E-state index in [4.69, 9.17) is 15.2 Å². The van der Waals surface area contributed by atoms with Crippen molar-refractivity contribution in [3.8, 4) is 22.6 Å². The van der Waals surface area contributed by atoms with Gasteiger partial charge in [0.1, 0.15) is 19.0 Å². The van der Waals surface area contributed by atoms with E-state index < -0.39 is 0 Å². The van der Waals surface area contributed by atoms with Crippen molar-refractivity contribution < 1.29 is 9.47 Å². The van der Waals surface area contributed by atoms with E-state index in [2.05, 4.69) is 5.10 Å². The Balaban J connectivity index is 2.19. The number of nitrogens with two attached hydrogens (primary N) is 1. The first kappa shape index (κ1) is 12.2. The van der Waals surface area contributed by atoms with Crippen molar-refractivity contribution in [2.45, 2.75) is 4.90 Å². The molecule has 1 aliphatic heterocycles. The Morgan fingerprint density at radius 1 is 1.26 bits per heavy atom. The monoisotopic (exact) mass is 277 g/mol. The Hall–Kier alpha value is -1.82. The van der Waals surface area contributed by atoms with Gasteiger partial charge in [-0.05, 0) is 18.4 Å². The Bertz CT molecular complexity index is 625. The van der Waals surface area contributed by atoms with E-state index in [-0.39, 0.29) is 0 Å². The number of hydrogen-bond acceptors (Lipinski definition) is 5. The molecular formula is C13H15N3O2S. The van der Waals surface area contributed by atoms with Crippen LogP contribution < -0.4 is 15.2 Å². The van der Waals surface area contributed by atoms with Crippen molar-refractivity contribution in [2.75, 3.05) is 25.2 Å². The molecule has 0 saturated heterocycles. The number of fused-ring (bicyclic) bond motifs is 1. The summed E-state index contributed by atoms with van der Waals surface area (Å²) >= 11 is 1.63. The third-order valence-electron chi connectivity index (χ3n) is 3.14. The minimum Gasteiger partial charge on any atom is -0.486 e. The number of thioether (sulfide) groups is 1. The van der Waals surface area contributed by atoms with Crippen LogP contribution in [0, 0.1) is 0 Å². The van der Waals surface area contributed by atoms with E-state index in [0.717, 1.165) is 27.5 Å². The summed E-state index contributed by atoms with van der Waals surface area (Å²) in [5, 5.41) is 4.19. The topological polar surface area (TPSA) is 62.3 Å². The van der Waals surface area contributed by atoms with Crippen LogP contribution in [-0.4, -0.2) is 29.3 Å². The van der Waals surface area contributed by atoms with Crippen LogP contribution in [-0.2, 0) is 7.05 Å². The summed E-state index contributed by atoms with van der Waals surface area (Å²) in [7, 11) is 1.83. The first-order valence-electron chi connectivity index (χ1n) is 5.97. The maximum absolute atomic E-state index is 6.05. The number of nitrogen functional groups attached to an aromatic ring is 1. The molecule has 2 N–H and O–H groups in total. The molecule has 19 heavy (non-hydrogen) atoms. The van der Waals surface area contributed by atoms with Gasteiger partial charge in [0.2, 0.25) is 0 Å². The van der Waals surface area contributed by atoms with Crippen LogP contribution in [0.15, 0.2) is 23.2 Å². The van der Waals surface area contributed by atoms with Gasteiger partial charge in [0.05, 0.1) is 11.1 Å². The maximum Gasteiger partial charge on any atom is 0.175 e. The largest absolute Gasteiger partial charge is 0.486 e. The van der Waals surface area contributed by atoms with Gasteiger partial charge < -0.3 is 15.2 Å². The summed E-state index contributed by atoms with van der Waals surface area (Å²) in [5.41, 5.74) is 8.00. The standard InChI is InChI=1S/C13H15N3O2S/c1-16-13(14)9(7-15-16)8-3-4-10-11(12(8)19-2)18-6-5-17-10/h3-4,7H,5-6,14H2,1-2H3. The first-order chi connectivity index (χ1) is 9.22. The molecule has 0 unspecified atom stereocenters. The van der Waals surface area contributed by atoms with Gasteiger partial charge in [-0.15, -0.1) is 11.8 Å². The molecule has 1 aromatic carbocycles. The quantitative estimate of drug-likeness (QED) is 0.852. The summed E-state index contributed by atoms with van der Waals surface area (Å²) in [4.78, 5) is 1.04. The van der Waals surface area contributed by atoms with Crippen molar-refractivity contribution in [3.05, 3.63) is 18.3 Å². The lowest BCUT2D eigenvalue weighted by molar-refractivity contribution is 0.167. The van der Waals surface area contributed by atoms with Gasteiger partial charge in [-0.2, -0.15) is 5.10 Å². The van der Waals surface area contributed by atoms with Gasteiger partial charge in [0, 0.05) is 18.2 Å². The minimum atomic E-state index is 0.576. The molecule has 0 spiro atoms. The molecule has 2 aromatic rings. The van der Waals surface area contributed by atoms with E-state index in [1.54, 1.807) is 22.6 Å². The van der Waals surface area contributed by atoms with Crippen LogP contribution in [0.2, 0.25) is 0 Å². The molecule has 3 rings (SSSR count). The smallest absolute Gasteiger partial charge is 0.175 e. The fourth-order valence-electron chi connectivity index (χ4n) is 2.16. The average molecular weight is 277 g/mol. The Morgan fingerprint density at radius 3 is 2.74 bits per heavy atom. The Kier molecular flexibility index (Phi) is 3.02. The molecular weight excluding hydrogens is 262 g/mol. The van der Waals surface area contributed by atoms with Crippen LogP contribution in [0.5, 0.6) is 11.5 Å². The van der Waals surface area contributed by atoms with Gasteiger partial charge in [-0.1, -0.05) is 0 Å². The van der Waals surface area contributed by atoms with Gasteiger partial charge in [-0.25, -0.2) is 0 Å². The van der Waals surface area contributed by atoms with E-state index in [0.29, 0.717) is 19.0 Å². The second-order valence-electron chi connectivity index (χ2n) is 4.24. The zero-order valence-electron chi connectivity index (χ0n) is 10.8. The normalized spacial score (nSPS) is 13.6. The van der Waals surface area contributed by atoms with Gasteiger partial charge >= 0.3 is 0 Å². The molecule has 0 amide bonds. The molecule has 1 aromatic heterocycles. The van der Waals surface area contributed by atoms with Gasteiger partial charge in [0.25, 0.3) is 0 Å². The minimum absolute atomic E-state index is 0.576. The highest BCUT2D eigenvalue weighted by Gasteiger charge is 2.21. The number of hydrogen-bond donors (Lipinski definition) is 1. The number of benzene rings is 1. The van der Waals surface area contributed by atoms with E-state index in [1.165, 1.54) is 0 Å². The molecule has 5 nitrogen and oxygen atoms in total. The Morgan fingerprint density at radius 2 is 2.05 bits per heavy atom. The zero-order chi connectivity index (χ0) is 13.4. The van der Waals surface area contributed by atoms with Crippen LogP contribution in [0.1, 0.15) is 0 Å². The summed E-state index contributed by atoms with van der Waals surface area (Å²) in [6.07, 6.45) is 3.80. The number of ether oxygens (including phenoxy) is 2. The van der Waals surface area contributed by atoms with Crippen molar-refractivity contribution in [3.63, 3.8) is 0 Å². The predicted octanol–water partition coefficient (Wildman–Crippen LogP) is 2.16. The number of nitrogens with zero attached hydrogens (tertiary/aromatic N) is 2. The molecule has 0 fully saturated rings. The second kappa shape index (κ2) is 4.70. The molecule has 0 bridgehead atoms. The van der Waals surface area contributed by atoms with Crippen molar-refractivity contribution >= 4 is 17.6 Å². The molecule has 2 heterocycles. The predicted molar refractivity (Wildman–Crippen MR) is 75.8 cm³/mol. The highest BCUT2D eigenvalue weighted by atomic mass is 32.2. The number of aryl methyl sites for hydroxylation is 1. The van der Waals surface area contributed by atoms with Gasteiger partial charge in [-0.3, -0.25) is 4.68 Å². The number of rotatable bonds is 2. The highest BCUT2D eigenvalue weighted by Crippen LogP contribution is 2.45. The zero-order valence-corrected chi connectivity index (χ0v) is 11.7. The number of aromatic nitrogens is 2. The van der Waals surface area contributed by atoms with Crippen molar-refractivity contribution in [2.24, 2.45) is 7.05 Å².